The largest absolute Gasteiger partial charge is 0.323 e. The summed E-state index contributed by atoms with van der Waals surface area (Å²) in [4.78, 5) is 12.0. The zero-order valence-corrected chi connectivity index (χ0v) is 16.2. The molecule has 2 amide bonds. The van der Waals surface area contributed by atoms with E-state index < -0.39 is 10.1 Å². The first-order valence-corrected chi connectivity index (χ1v) is 10.0. The van der Waals surface area contributed by atoms with E-state index in [9.17, 15) is 17.8 Å². The van der Waals surface area contributed by atoms with Crippen LogP contribution < -0.4 is 10.6 Å². The predicted molar refractivity (Wildman–Crippen MR) is 110 cm³/mol. The first-order valence-electron chi connectivity index (χ1n) is 8.56. The predicted octanol–water partition coefficient (Wildman–Crippen LogP) is 4.86. The molecule has 0 aliphatic carbocycles. The van der Waals surface area contributed by atoms with Crippen molar-refractivity contribution in [2.45, 2.75) is 18.7 Å². The number of anilines is 2. The summed E-state index contributed by atoms with van der Waals surface area (Å²) in [6.07, 6.45) is 0. The van der Waals surface area contributed by atoms with Gasteiger partial charge in [-0.3, -0.25) is 4.55 Å². The van der Waals surface area contributed by atoms with Gasteiger partial charge < -0.3 is 10.6 Å². The fourth-order valence-electron chi connectivity index (χ4n) is 2.88. The molecule has 0 aromatic heterocycles. The van der Waals surface area contributed by atoms with Gasteiger partial charge in [0, 0.05) is 16.9 Å². The van der Waals surface area contributed by atoms with Crippen LogP contribution in [0.4, 0.5) is 16.2 Å². The van der Waals surface area contributed by atoms with E-state index in [2.05, 4.69) is 10.6 Å². The van der Waals surface area contributed by atoms with Crippen molar-refractivity contribution in [1.29, 1.82) is 0 Å². The lowest BCUT2D eigenvalue weighted by atomic mass is 10.0. The first-order chi connectivity index (χ1) is 13.2. The Kier molecular flexibility index (Phi) is 5.48. The Hall–Kier alpha value is -3.16. The van der Waals surface area contributed by atoms with Gasteiger partial charge in [0.2, 0.25) is 0 Å². The molecule has 0 saturated carbocycles. The van der Waals surface area contributed by atoms with Crippen molar-refractivity contribution in [2.75, 3.05) is 10.6 Å². The third kappa shape index (κ3) is 4.57. The monoisotopic (exact) mass is 396 g/mol. The quantitative estimate of drug-likeness (QED) is 0.549. The maximum absolute atomic E-state index is 12.1. The molecular weight excluding hydrogens is 376 g/mol. The van der Waals surface area contributed by atoms with E-state index in [1.54, 1.807) is 43.3 Å². The molecule has 0 saturated heterocycles. The summed E-state index contributed by atoms with van der Waals surface area (Å²) in [5, 5.41) is 5.47. The molecule has 7 heteroatoms. The summed E-state index contributed by atoms with van der Waals surface area (Å²) in [7, 11) is -4.35. The molecule has 3 aromatic carbocycles. The van der Waals surface area contributed by atoms with Gasteiger partial charge in [-0.15, -0.1) is 0 Å². The number of carbonyl (C=O) groups excluding carboxylic acids is 1. The smallest absolute Gasteiger partial charge is 0.308 e. The minimum Gasteiger partial charge on any atom is -0.308 e. The zero-order chi connectivity index (χ0) is 20.3. The summed E-state index contributed by atoms with van der Waals surface area (Å²) < 4.78 is 32.8. The average molecular weight is 396 g/mol. The Bertz CT molecular complexity index is 1110. The Morgan fingerprint density at radius 2 is 1.36 bits per heavy atom. The second-order valence-corrected chi connectivity index (χ2v) is 7.84. The third-order valence-corrected chi connectivity index (χ3v) is 5.15. The number of nitrogens with one attached hydrogen (secondary N) is 2. The molecule has 0 aliphatic heterocycles. The van der Waals surface area contributed by atoms with Crippen LogP contribution in [0.3, 0.4) is 0 Å². The average Bonchev–Trinajstić information content (AvgIpc) is 2.63. The van der Waals surface area contributed by atoms with E-state index >= 15 is 0 Å². The second-order valence-electron chi connectivity index (χ2n) is 6.45. The maximum Gasteiger partial charge on any atom is 0.323 e. The van der Waals surface area contributed by atoms with E-state index in [4.69, 9.17) is 0 Å². The third-order valence-electron chi connectivity index (χ3n) is 4.25. The Morgan fingerprint density at radius 3 is 1.89 bits per heavy atom. The van der Waals surface area contributed by atoms with Crippen LogP contribution in [-0.2, 0) is 10.1 Å². The van der Waals surface area contributed by atoms with Crippen LogP contribution in [0.5, 0.6) is 0 Å². The summed E-state index contributed by atoms with van der Waals surface area (Å²) in [5.41, 5.74) is 4.10. The molecular formula is C21H20N2O4S. The summed E-state index contributed by atoms with van der Waals surface area (Å²) in [6.45, 7) is 3.73. The van der Waals surface area contributed by atoms with Crippen LogP contribution in [0.25, 0.3) is 11.1 Å². The molecule has 0 spiro atoms. The van der Waals surface area contributed by atoms with Gasteiger partial charge in [0.05, 0.1) is 0 Å². The van der Waals surface area contributed by atoms with Gasteiger partial charge in [0.1, 0.15) is 4.90 Å². The van der Waals surface area contributed by atoms with E-state index in [0.29, 0.717) is 28.1 Å². The fourth-order valence-corrected chi connectivity index (χ4v) is 3.66. The SMILES string of the molecule is Cc1ccc(NC(=O)Nc2ccc(-c3c(C)cccc3S(=O)(=O)O)cc2)cc1. The molecule has 144 valence electrons. The molecule has 0 bridgehead atoms. The standard InChI is InChI=1S/C21H20N2O4S/c1-14-6-10-17(11-7-14)22-21(24)23-18-12-8-16(9-13-18)20-15(2)4-3-5-19(20)28(25,26)27/h3-13H,1-2H3,(H2,22,23,24)(H,25,26,27). The van der Waals surface area contributed by atoms with Crippen molar-refractivity contribution in [1.82, 2.24) is 0 Å². The summed E-state index contributed by atoms with van der Waals surface area (Å²) >= 11 is 0. The highest BCUT2D eigenvalue weighted by Crippen LogP contribution is 2.31. The Labute approximate surface area is 164 Å². The number of aryl methyl sites for hydroxylation is 2. The minimum absolute atomic E-state index is 0.148. The van der Waals surface area contributed by atoms with Crippen molar-refractivity contribution in [2.24, 2.45) is 0 Å². The summed E-state index contributed by atoms with van der Waals surface area (Å²) in [5.74, 6) is 0. The lowest BCUT2D eigenvalue weighted by molar-refractivity contribution is 0.262. The minimum atomic E-state index is -4.35. The van der Waals surface area contributed by atoms with Crippen molar-refractivity contribution < 1.29 is 17.8 Å². The topological polar surface area (TPSA) is 95.5 Å². The van der Waals surface area contributed by atoms with Crippen molar-refractivity contribution in [3.8, 4) is 11.1 Å². The van der Waals surface area contributed by atoms with Gasteiger partial charge in [0.15, 0.2) is 0 Å². The highest BCUT2D eigenvalue weighted by molar-refractivity contribution is 7.86. The van der Waals surface area contributed by atoms with Gasteiger partial charge in [-0.25, -0.2) is 4.79 Å². The van der Waals surface area contributed by atoms with Gasteiger partial charge in [0.25, 0.3) is 10.1 Å². The number of benzene rings is 3. The van der Waals surface area contributed by atoms with E-state index in [0.717, 1.165) is 5.56 Å². The number of amides is 2. The molecule has 0 heterocycles. The van der Waals surface area contributed by atoms with E-state index in [-0.39, 0.29) is 10.9 Å². The van der Waals surface area contributed by atoms with Crippen molar-refractivity contribution in [3.05, 3.63) is 77.9 Å². The molecule has 0 fully saturated rings. The molecule has 3 aromatic rings. The number of hydrogen-bond acceptors (Lipinski definition) is 3. The lowest BCUT2D eigenvalue weighted by Gasteiger charge is -2.12. The number of urea groups is 1. The maximum atomic E-state index is 12.1. The van der Waals surface area contributed by atoms with E-state index in [1.807, 2.05) is 31.2 Å². The van der Waals surface area contributed by atoms with Gasteiger partial charge in [-0.1, -0.05) is 42.0 Å². The van der Waals surface area contributed by atoms with Crippen molar-refractivity contribution >= 4 is 27.5 Å². The van der Waals surface area contributed by atoms with E-state index in [1.165, 1.54) is 6.07 Å². The molecule has 0 radical (unpaired) electrons. The number of carbonyl (C=O) groups is 1. The molecule has 3 rings (SSSR count). The highest BCUT2D eigenvalue weighted by atomic mass is 32.2. The number of hydrogen-bond donors (Lipinski definition) is 3. The molecule has 28 heavy (non-hydrogen) atoms. The van der Waals surface area contributed by atoms with Crippen LogP contribution in [-0.4, -0.2) is 19.0 Å². The molecule has 3 N–H and O–H groups in total. The van der Waals surface area contributed by atoms with Gasteiger partial charge >= 0.3 is 6.03 Å². The summed E-state index contributed by atoms with van der Waals surface area (Å²) in [6, 6.07) is 18.5. The molecule has 0 atom stereocenters. The van der Waals surface area contributed by atoms with Crippen LogP contribution in [0, 0.1) is 13.8 Å². The fraction of sp³-hybridized carbons (Fsp3) is 0.0952. The van der Waals surface area contributed by atoms with Gasteiger partial charge in [-0.2, -0.15) is 8.42 Å². The second kappa shape index (κ2) is 7.84. The van der Waals surface area contributed by atoms with Crippen LogP contribution in [0.1, 0.15) is 11.1 Å². The Balaban J connectivity index is 1.79. The Morgan fingerprint density at radius 1 is 0.821 bits per heavy atom. The van der Waals surface area contributed by atoms with Crippen LogP contribution in [0.15, 0.2) is 71.6 Å². The van der Waals surface area contributed by atoms with Crippen molar-refractivity contribution in [3.63, 3.8) is 0 Å². The zero-order valence-electron chi connectivity index (χ0n) is 15.4. The van der Waals surface area contributed by atoms with Crippen LogP contribution >= 0.6 is 0 Å². The molecule has 6 nitrogen and oxygen atoms in total. The first kappa shape index (κ1) is 19.6. The number of rotatable bonds is 4. The van der Waals surface area contributed by atoms with Gasteiger partial charge in [-0.05, 0) is 55.3 Å². The molecule has 0 unspecified atom stereocenters. The lowest BCUT2D eigenvalue weighted by Crippen LogP contribution is -2.19. The highest BCUT2D eigenvalue weighted by Gasteiger charge is 2.18. The normalized spacial score (nSPS) is 11.1. The van der Waals surface area contributed by atoms with Crippen LogP contribution in [0.2, 0.25) is 0 Å². The molecule has 0 aliphatic rings.